The van der Waals surface area contributed by atoms with Crippen LogP contribution in [0.4, 0.5) is 23.5 Å². The van der Waals surface area contributed by atoms with Crippen molar-refractivity contribution in [1.29, 1.82) is 0 Å². The van der Waals surface area contributed by atoms with Crippen LogP contribution in [0.1, 0.15) is 61.2 Å². The van der Waals surface area contributed by atoms with Crippen LogP contribution in [0.15, 0.2) is 36.4 Å². The van der Waals surface area contributed by atoms with E-state index in [2.05, 4.69) is 15.0 Å². The quantitative estimate of drug-likeness (QED) is 0.305. The Hall–Kier alpha value is -2.61. The number of alkyl halides is 3. The van der Waals surface area contributed by atoms with Gasteiger partial charge in [-0.3, -0.25) is 0 Å². The Morgan fingerprint density at radius 1 is 1.15 bits per heavy atom. The molecular weight excluding hydrogens is 468 g/mol. The lowest BCUT2D eigenvalue weighted by molar-refractivity contribution is -0.137. The normalized spacial score (nSPS) is 14.9. The van der Waals surface area contributed by atoms with E-state index in [-0.39, 0.29) is 16.9 Å². The lowest BCUT2D eigenvalue weighted by atomic mass is 9.98. The minimum absolute atomic E-state index is 0.0634. The molecule has 1 atom stereocenters. The standard InChI is InChI=1S/C25H27ClF4N4/c1-4-11-33(23(12-17-6-7-17)18-8-5-15(2)21(27)13-18)24-31-16(3)34(32-24)22-10-9-19(14-20(22)26)25(28,29)30/h5,8-10,13-14,17,23H,4,6-7,11-12H2,1-3H3/t23-/m0/s1. The van der Waals surface area contributed by atoms with Crippen LogP contribution in [-0.4, -0.2) is 21.3 Å². The lowest BCUT2D eigenvalue weighted by Crippen LogP contribution is -2.31. The summed E-state index contributed by atoms with van der Waals surface area (Å²) in [6.07, 6.45) is -0.511. The van der Waals surface area contributed by atoms with Crippen molar-refractivity contribution in [1.82, 2.24) is 14.8 Å². The zero-order valence-corrected chi connectivity index (χ0v) is 20.1. The number of anilines is 1. The molecule has 34 heavy (non-hydrogen) atoms. The van der Waals surface area contributed by atoms with Crippen LogP contribution in [0.25, 0.3) is 5.69 Å². The summed E-state index contributed by atoms with van der Waals surface area (Å²) in [7, 11) is 0. The average molecular weight is 495 g/mol. The van der Waals surface area contributed by atoms with Crippen molar-refractivity contribution in [3.63, 3.8) is 0 Å². The van der Waals surface area contributed by atoms with Crippen LogP contribution in [0.5, 0.6) is 0 Å². The van der Waals surface area contributed by atoms with Gasteiger partial charge in [-0.25, -0.2) is 9.07 Å². The zero-order valence-electron chi connectivity index (χ0n) is 19.3. The SMILES string of the molecule is CCCN(c1nc(C)n(-c2ccc(C(F)(F)F)cc2Cl)n1)[C@@H](CC1CC1)c1ccc(C)c(F)c1. The first-order valence-electron chi connectivity index (χ1n) is 11.4. The molecule has 0 bridgehead atoms. The van der Waals surface area contributed by atoms with E-state index in [9.17, 15) is 17.6 Å². The maximum absolute atomic E-state index is 14.4. The molecule has 2 aromatic carbocycles. The second-order valence-electron chi connectivity index (χ2n) is 8.93. The number of benzene rings is 2. The first-order valence-corrected chi connectivity index (χ1v) is 11.8. The van der Waals surface area contributed by atoms with Crippen molar-refractivity contribution in [3.8, 4) is 5.69 Å². The molecule has 1 fully saturated rings. The summed E-state index contributed by atoms with van der Waals surface area (Å²) in [6, 6.07) is 8.39. The molecule has 4 rings (SSSR count). The fraction of sp³-hybridized carbons (Fsp3) is 0.440. The Bertz CT molecular complexity index is 1170. The van der Waals surface area contributed by atoms with Crippen LogP contribution in [0, 0.1) is 25.6 Å². The van der Waals surface area contributed by atoms with Crippen LogP contribution < -0.4 is 4.90 Å². The topological polar surface area (TPSA) is 34.0 Å². The predicted molar refractivity (Wildman–Crippen MR) is 125 cm³/mol. The Balaban J connectivity index is 1.73. The monoisotopic (exact) mass is 494 g/mol. The number of halogens is 5. The van der Waals surface area contributed by atoms with E-state index in [4.69, 9.17) is 11.6 Å². The van der Waals surface area contributed by atoms with E-state index in [0.29, 0.717) is 35.5 Å². The van der Waals surface area contributed by atoms with E-state index in [1.807, 2.05) is 13.0 Å². The molecule has 1 saturated carbocycles. The third-order valence-corrected chi connectivity index (χ3v) is 6.50. The Kier molecular flexibility index (Phi) is 6.90. The minimum atomic E-state index is -4.48. The summed E-state index contributed by atoms with van der Waals surface area (Å²) in [6.45, 7) is 6.17. The van der Waals surface area contributed by atoms with Gasteiger partial charge in [0.05, 0.1) is 22.3 Å². The summed E-state index contributed by atoms with van der Waals surface area (Å²) in [4.78, 5) is 6.71. The van der Waals surface area contributed by atoms with Gasteiger partial charge in [0.25, 0.3) is 0 Å². The molecule has 3 aromatic rings. The molecule has 0 aliphatic heterocycles. The minimum Gasteiger partial charge on any atom is -0.332 e. The number of nitrogens with zero attached hydrogens (tertiary/aromatic N) is 4. The molecular formula is C25H27ClF4N4. The maximum atomic E-state index is 14.4. The summed E-state index contributed by atoms with van der Waals surface area (Å²) < 4.78 is 55.1. The molecule has 0 unspecified atom stereocenters. The molecule has 0 amide bonds. The van der Waals surface area contributed by atoms with Crippen molar-refractivity contribution in [2.75, 3.05) is 11.4 Å². The van der Waals surface area contributed by atoms with Gasteiger partial charge in [-0.2, -0.15) is 18.2 Å². The van der Waals surface area contributed by atoms with E-state index in [0.717, 1.165) is 43.4 Å². The molecule has 0 radical (unpaired) electrons. The van der Waals surface area contributed by atoms with E-state index in [1.54, 1.807) is 26.0 Å². The van der Waals surface area contributed by atoms with Crippen molar-refractivity contribution in [2.24, 2.45) is 5.92 Å². The first kappa shape index (κ1) is 24.5. The second kappa shape index (κ2) is 9.56. The highest BCUT2D eigenvalue weighted by Gasteiger charge is 2.33. The highest BCUT2D eigenvalue weighted by Crippen LogP contribution is 2.41. The van der Waals surface area contributed by atoms with Gasteiger partial charge in [-0.05, 0) is 68.0 Å². The van der Waals surface area contributed by atoms with Crippen LogP contribution >= 0.6 is 11.6 Å². The highest BCUT2D eigenvalue weighted by molar-refractivity contribution is 6.32. The van der Waals surface area contributed by atoms with Crippen molar-refractivity contribution in [3.05, 3.63) is 69.8 Å². The fourth-order valence-corrected chi connectivity index (χ4v) is 4.41. The molecule has 0 saturated heterocycles. The summed E-state index contributed by atoms with van der Waals surface area (Å²) in [5.41, 5.74) is 0.955. The molecule has 182 valence electrons. The van der Waals surface area contributed by atoms with E-state index >= 15 is 0 Å². The van der Waals surface area contributed by atoms with Gasteiger partial charge in [-0.1, -0.05) is 43.5 Å². The predicted octanol–water partition coefficient (Wildman–Crippen LogP) is 7.45. The largest absolute Gasteiger partial charge is 0.416 e. The van der Waals surface area contributed by atoms with Crippen molar-refractivity contribution in [2.45, 2.75) is 58.7 Å². The number of hydrogen-bond donors (Lipinski definition) is 0. The lowest BCUT2D eigenvalue weighted by Gasteiger charge is -2.31. The maximum Gasteiger partial charge on any atom is 0.416 e. The zero-order chi connectivity index (χ0) is 24.6. The van der Waals surface area contributed by atoms with Crippen molar-refractivity contribution < 1.29 is 17.6 Å². The number of hydrogen-bond acceptors (Lipinski definition) is 3. The Labute approximate surface area is 201 Å². The highest BCUT2D eigenvalue weighted by atomic mass is 35.5. The average Bonchev–Trinajstić information content (AvgIpc) is 3.52. The third kappa shape index (κ3) is 5.22. The van der Waals surface area contributed by atoms with Gasteiger partial charge in [0.2, 0.25) is 5.95 Å². The van der Waals surface area contributed by atoms with Gasteiger partial charge in [-0.15, -0.1) is 5.10 Å². The Morgan fingerprint density at radius 2 is 1.88 bits per heavy atom. The molecule has 1 aliphatic rings. The van der Waals surface area contributed by atoms with Gasteiger partial charge in [0.15, 0.2) is 0 Å². The molecule has 1 aromatic heterocycles. The van der Waals surface area contributed by atoms with Crippen molar-refractivity contribution >= 4 is 17.5 Å². The molecule has 9 heteroatoms. The van der Waals surface area contributed by atoms with Crippen LogP contribution in [0.2, 0.25) is 5.02 Å². The molecule has 0 spiro atoms. The third-order valence-electron chi connectivity index (χ3n) is 6.19. The van der Waals surface area contributed by atoms with Gasteiger partial charge in [0.1, 0.15) is 11.6 Å². The fourth-order valence-electron chi connectivity index (χ4n) is 4.15. The first-order chi connectivity index (χ1) is 16.1. The van der Waals surface area contributed by atoms with Gasteiger partial charge < -0.3 is 4.90 Å². The molecule has 1 aliphatic carbocycles. The summed E-state index contributed by atoms with van der Waals surface area (Å²) >= 11 is 6.22. The van der Waals surface area contributed by atoms with Gasteiger partial charge >= 0.3 is 6.18 Å². The Morgan fingerprint density at radius 3 is 2.47 bits per heavy atom. The number of aromatic nitrogens is 3. The number of rotatable bonds is 8. The van der Waals surface area contributed by atoms with Crippen LogP contribution in [0.3, 0.4) is 0 Å². The second-order valence-corrected chi connectivity index (χ2v) is 9.34. The molecule has 0 N–H and O–H groups in total. The summed E-state index contributed by atoms with van der Waals surface area (Å²) in [5.74, 6) is 1.27. The van der Waals surface area contributed by atoms with E-state index in [1.165, 1.54) is 10.7 Å². The summed E-state index contributed by atoms with van der Waals surface area (Å²) in [5, 5.41) is 4.57. The molecule has 1 heterocycles. The number of aryl methyl sites for hydroxylation is 2. The molecule has 4 nitrogen and oxygen atoms in total. The van der Waals surface area contributed by atoms with Gasteiger partial charge in [0, 0.05) is 6.54 Å². The van der Waals surface area contributed by atoms with Crippen LogP contribution in [-0.2, 0) is 6.18 Å². The van der Waals surface area contributed by atoms with E-state index < -0.39 is 11.7 Å². The smallest absolute Gasteiger partial charge is 0.332 e.